The summed E-state index contributed by atoms with van der Waals surface area (Å²) < 4.78 is 16.1. The summed E-state index contributed by atoms with van der Waals surface area (Å²) in [5, 5.41) is 15.9. The van der Waals surface area contributed by atoms with Crippen molar-refractivity contribution in [2.75, 3.05) is 14.2 Å². The number of hydrogen-bond acceptors (Lipinski definition) is 7. The quantitative estimate of drug-likeness (QED) is 0.410. The number of hydrogen-bond donors (Lipinski definition) is 1. The summed E-state index contributed by atoms with van der Waals surface area (Å²) in [6, 6.07) is 5.49. The molecule has 0 bridgehead atoms. The molecule has 33 heavy (non-hydrogen) atoms. The molecule has 0 radical (unpaired) electrons. The van der Waals surface area contributed by atoms with Crippen LogP contribution in [0.2, 0.25) is 0 Å². The van der Waals surface area contributed by atoms with Gasteiger partial charge >= 0.3 is 0 Å². The average Bonchev–Trinajstić information content (AvgIpc) is 3.57. The lowest BCUT2D eigenvalue weighted by Gasteiger charge is -2.08. The fourth-order valence-corrected chi connectivity index (χ4v) is 3.79. The van der Waals surface area contributed by atoms with Crippen molar-refractivity contribution >= 4 is 10.9 Å². The summed E-state index contributed by atoms with van der Waals surface area (Å²) in [5.74, 6) is 1.95. The molecule has 0 atom stereocenters. The van der Waals surface area contributed by atoms with Gasteiger partial charge in [0.25, 0.3) is 5.88 Å². The molecule has 0 saturated heterocycles. The predicted molar refractivity (Wildman–Crippen MR) is 122 cm³/mol. The molecule has 10 nitrogen and oxygen atoms in total. The zero-order chi connectivity index (χ0) is 22.9. The van der Waals surface area contributed by atoms with Gasteiger partial charge in [-0.05, 0) is 25.1 Å². The molecule has 0 amide bonds. The molecule has 0 unspecified atom stereocenters. The Morgan fingerprint density at radius 3 is 2.73 bits per heavy atom. The minimum atomic E-state index is 0.101. The maximum atomic E-state index is 10.8. The highest BCUT2D eigenvalue weighted by Crippen LogP contribution is 2.33. The summed E-state index contributed by atoms with van der Waals surface area (Å²) in [4.78, 5) is 13.4. The molecule has 5 heterocycles. The Morgan fingerprint density at radius 2 is 1.94 bits per heavy atom. The zero-order valence-corrected chi connectivity index (χ0v) is 18.5. The van der Waals surface area contributed by atoms with Crippen LogP contribution in [0, 0.1) is 0 Å². The van der Waals surface area contributed by atoms with E-state index in [2.05, 4.69) is 26.6 Å². The molecule has 0 aliphatic heterocycles. The van der Waals surface area contributed by atoms with Crippen molar-refractivity contribution in [3.63, 3.8) is 0 Å². The first-order chi connectivity index (χ1) is 16.1. The number of nitrogens with zero attached hydrogens (tertiary/aromatic N) is 7. The van der Waals surface area contributed by atoms with Gasteiger partial charge in [0, 0.05) is 43.1 Å². The lowest BCUT2D eigenvalue weighted by Crippen LogP contribution is -2.07. The molecule has 168 valence electrons. The number of imidazole rings is 1. The molecule has 0 aromatic carbocycles. The van der Waals surface area contributed by atoms with Crippen molar-refractivity contribution in [1.82, 2.24) is 33.9 Å². The van der Waals surface area contributed by atoms with E-state index in [0.29, 0.717) is 34.8 Å². The molecule has 0 spiro atoms. The van der Waals surface area contributed by atoms with Crippen LogP contribution >= 0.6 is 0 Å². The largest absolute Gasteiger partial charge is 0.494 e. The van der Waals surface area contributed by atoms with E-state index in [9.17, 15) is 5.11 Å². The van der Waals surface area contributed by atoms with Crippen LogP contribution in [0.15, 0.2) is 55.4 Å². The van der Waals surface area contributed by atoms with E-state index >= 15 is 0 Å². The third-order valence-electron chi connectivity index (χ3n) is 5.52. The van der Waals surface area contributed by atoms with Gasteiger partial charge in [-0.3, -0.25) is 9.25 Å². The second-order valence-electron chi connectivity index (χ2n) is 7.41. The number of aryl methyl sites for hydroxylation is 1. The number of pyridine rings is 2. The Morgan fingerprint density at radius 1 is 1.06 bits per heavy atom. The molecular weight excluding hydrogens is 422 g/mol. The second-order valence-corrected chi connectivity index (χ2v) is 7.41. The summed E-state index contributed by atoms with van der Waals surface area (Å²) in [6.45, 7) is 3.45. The smallest absolute Gasteiger partial charge is 0.256 e. The summed E-state index contributed by atoms with van der Waals surface area (Å²) in [7, 11) is 3.11. The first kappa shape index (κ1) is 20.6. The van der Waals surface area contributed by atoms with Gasteiger partial charge in [-0.15, -0.1) is 0 Å². The Labute approximate surface area is 189 Å². The highest BCUT2D eigenvalue weighted by atomic mass is 16.5. The summed E-state index contributed by atoms with van der Waals surface area (Å²) >= 11 is 0. The van der Waals surface area contributed by atoms with Gasteiger partial charge in [-0.1, -0.05) is 0 Å². The van der Waals surface area contributed by atoms with Gasteiger partial charge in [0.15, 0.2) is 5.75 Å². The lowest BCUT2D eigenvalue weighted by atomic mass is 10.1. The molecule has 10 heteroatoms. The van der Waals surface area contributed by atoms with Crippen molar-refractivity contribution in [2.24, 2.45) is 0 Å². The van der Waals surface area contributed by atoms with E-state index in [1.165, 1.54) is 0 Å². The van der Waals surface area contributed by atoms with Gasteiger partial charge in [-0.25, -0.2) is 15.0 Å². The molecule has 1 N–H and O–H groups in total. The Hall–Kier alpha value is -4.34. The maximum absolute atomic E-state index is 10.8. The van der Waals surface area contributed by atoms with Crippen molar-refractivity contribution in [1.29, 1.82) is 0 Å². The monoisotopic (exact) mass is 445 g/mol. The van der Waals surface area contributed by atoms with Crippen molar-refractivity contribution < 1.29 is 14.6 Å². The number of aromatic nitrogens is 7. The van der Waals surface area contributed by atoms with E-state index in [-0.39, 0.29) is 5.88 Å². The highest BCUT2D eigenvalue weighted by molar-refractivity contribution is 5.87. The number of fused-ring (bicyclic) bond motifs is 1. The van der Waals surface area contributed by atoms with Crippen LogP contribution in [0.25, 0.3) is 27.8 Å². The normalized spacial score (nSPS) is 11.2. The standard InChI is InChI=1S/C23H23N7O3/c1-4-28-8-7-24-21(28)14-29-12-16(11-26-29)30-13-19-17(23(30)31)5-6-18(27-19)15-9-20(32-2)22(33-3)25-10-15/h5-13,31H,4,14H2,1-3H3. The van der Waals surface area contributed by atoms with Gasteiger partial charge in [0.1, 0.15) is 5.82 Å². The van der Waals surface area contributed by atoms with Crippen LogP contribution < -0.4 is 9.47 Å². The Balaban J connectivity index is 1.47. The summed E-state index contributed by atoms with van der Waals surface area (Å²) in [5.41, 5.74) is 2.86. The van der Waals surface area contributed by atoms with E-state index < -0.39 is 0 Å². The Bertz CT molecular complexity index is 1430. The van der Waals surface area contributed by atoms with E-state index in [1.807, 2.05) is 30.6 Å². The van der Waals surface area contributed by atoms with Gasteiger partial charge in [0.2, 0.25) is 5.88 Å². The SMILES string of the molecule is CCn1ccnc1Cn1cc(-n2cc3nc(-c4cnc(OC)c(OC)c4)ccc3c2O)cn1. The average molecular weight is 445 g/mol. The number of rotatable bonds is 7. The maximum Gasteiger partial charge on any atom is 0.256 e. The summed E-state index contributed by atoms with van der Waals surface area (Å²) in [6.07, 6.45) is 10.8. The minimum absolute atomic E-state index is 0.101. The van der Waals surface area contributed by atoms with Crippen LogP contribution in [0.3, 0.4) is 0 Å². The number of methoxy groups -OCH3 is 2. The van der Waals surface area contributed by atoms with Crippen LogP contribution in [0.1, 0.15) is 12.7 Å². The van der Waals surface area contributed by atoms with Crippen LogP contribution in [-0.2, 0) is 13.1 Å². The first-order valence-corrected chi connectivity index (χ1v) is 10.4. The molecule has 0 aliphatic rings. The van der Waals surface area contributed by atoms with Crippen LogP contribution in [-0.4, -0.2) is 53.2 Å². The van der Waals surface area contributed by atoms with Gasteiger partial charge in [-0.2, -0.15) is 5.10 Å². The third kappa shape index (κ3) is 3.65. The van der Waals surface area contributed by atoms with Crippen molar-refractivity contribution in [3.8, 4) is 34.5 Å². The lowest BCUT2D eigenvalue weighted by molar-refractivity contribution is 0.343. The molecule has 0 aliphatic carbocycles. The van der Waals surface area contributed by atoms with Crippen molar-refractivity contribution in [3.05, 3.63) is 61.2 Å². The molecule has 5 aromatic heterocycles. The second kappa shape index (κ2) is 8.30. The molecule has 5 aromatic rings. The van der Waals surface area contributed by atoms with E-state index in [1.54, 1.807) is 48.3 Å². The van der Waals surface area contributed by atoms with Crippen LogP contribution in [0.5, 0.6) is 17.5 Å². The molecule has 0 saturated carbocycles. The predicted octanol–water partition coefficient (Wildman–Crippen LogP) is 3.27. The Kier molecular flexibility index (Phi) is 5.17. The third-order valence-corrected chi connectivity index (χ3v) is 5.52. The topological polar surface area (TPSA) is 105 Å². The van der Waals surface area contributed by atoms with Crippen molar-refractivity contribution in [2.45, 2.75) is 20.0 Å². The molecular formula is C23H23N7O3. The fourth-order valence-electron chi connectivity index (χ4n) is 3.79. The molecule has 5 rings (SSSR count). The number of ether oxygens (including phenoxy) is 2. The first-order valence-electron chi connectivity index (χ1n) is 10.4. The highest BCUT2D eigenvalue weighted by Gasteiger charge is 2.15. The van der Waals surface area contributed by atoms with Gasteiger partial charge < -0.3 is 19.1 Å². The van der Waals surface area contributed by atoms with Gasteiger partial charge in [0.05, 0.1) is 49.2 Å². The van der Waals surface area contributed by atoms with E-state index in [4.69, 9.17) is 14.5 Å². The minimum Gasteiger partial charge on any atom is -0.494 e. The molecule has 0 fully saturated rings. The zero-order valence-electron chi connectivity index (χ0n) is 18.5. The number of aromatic hydroxyl groups is 1. The van der Waals surface area contributed by atoms with E-state index in [0.717, 1.165) is 23.6 Å². The van der Waals surface area contributed by atoms with Crippen LogP contribution in [0.4, 0.5) is 0 Å². The fraction of sp³-hybridized carbons (Fsp3) is 0.217.